The zero-order valence-corrected chi connectivity index (χ0v) is 10.2. The number of carboxylic acid groups (broad SMARTS) is 1. The number of hydrogen-bond donors (Lipinski definition) is 2. The molecule has 0 aromatic heterocycles. The lowest BCUT2D eigenvalue weighted by molar-refractivity contribution is -0.125. The minimum Gasteiger partial charge on any atom is -0.478 e. The predicted molar refractivity (Wildman–Crippen MR) is 66.6 cm³/mol. The summed E-state index contributed by atoms with van der Waals surface area (Å²) in [5, 5.41) is 10.7. The number of likely N-dealkylation sites (N-methyl/N-ethyl adjacent to an activating group) is 1. The number of carbonyl (C=O) groups is 3. The molecular weight excluding hydrogens is 256 g/mol. The number of amides is 2. The van der Waals surface area contributed by atoms with Gasteiger partial charge in [-0.05, 0) is 36.0 Å². The van der Waals surface area contributed by atoms with Gasteiger partial charge in [0.05, 0.1) is 5.56 Å². The van der Waals surface area contributed by atoms with E-state index in [4.69, 9.17) is 5.11 Å². The Kier molecular flexibility index (Phi) is 3.24. The Hall–Kier alpha value is -2.02. The van der Waals surface area contributed by atoms with Crippen molar-refractivity contribution in [2.24, 2.45) is 0 Å². The van der Waals surface area contributed by atoms with Crippen molar-refractivity contribution in [3.8, 4) is 0 Å². The van der Waals surface area contributed by atoms with Gasteiger partial charge in [-0.15, -0.1) is 0 Å². The first-order valence-electron chi connectivity index (χ1n) is 5.07. The summed E-state index contributed by atoms with van der Waals surface area (Å²) in [6.45, 7) is 0. The van der Waals surface area contributed by atoms with Crippen LogP contribution in [0.1, 0.15) is 10.4 Å². The molecule has 0 aliphatic carbocycles. The Morgan fingerprint density at radius 2 is 1.94 bits per heavy atom. The van der Waals surface area contributed by atoms with Crippen molar-refractivity contribution in [1.29, 1.82) is 0 Å². The van der Waals surface area contributed by atoms with E-state index in [0.717, 1.165) is 16.7 Å². The van der Waals surface area contributed by atoms with Crippen molar-refractivity contribution in [3.63, 3.8) is 0 Å². The summed E-state index contributed by atoms with van der Waals surface area (Å²) in [5.74, 6) is -1.32. The Morgan fingerprint density at radius 1 is 1.33 bits per heavy atom. The number of benzene rings is 1. The van der Waals surface area contributed by atoms with Crippen LogP contribution >= 0.6 is 11.8 Å². The number of carboxylic acids is 1. The number of nitrogens with zero attached hydrogens (tertiary/aromatic N) is 1. The van der Waals surface area contributed by atoms with Crippen LogP contribution in [-0.4, -0.2) is 39.5 Å². The summed E-state index contributed by atoms with van der Waals surface area (Å²) < 4.78 is 0. The second-order valence-corrected chi connectivity index (χ2v) is 4.74. The average Bonchev–Trinajstić information content (AvgIpc) is 2.58. The lowest BCUT2D eigenvalue weighted by Crippen LogP contribution is -2.31. The minimum absolute atomic E-state index is 0.166. The molecular formula is C11H10N2O4S. The van der Waals surface area contributed by atoms with Crippen LogP contribution in [0.25, 0.3) is 0 Å². The van der Waals surface area contributed by atoms with Gasteiger partial charge in [0.15, 0.2) is 5.37 Å². The van der Waals surface area contributed by atoms with Crippen LogP contribution in [0.2, 0.25) is 0 Å². The number of anilines is 1. The van der Waals surface area contributed by atoms with Crippen molar-refractivity contribution < 1.29 is 19.5 Å². The lowest BCUT2D eigenvalue weighted by Gasteiger charge is -2.11. The van der Waals surface area contributed by atoms with Crippen molar-refractivity contribution in [2.45, 2.75) is 5.37 Å². The van der Waals surface area contributed by atoms with Crippen LogP contribution in [0, 0.1) is 0 Å². The zero-order valence-electron chi connectivity index (χ0n) is 9.41. The number of thioether (sulfide) groups is 1. The van der Waals surface area contributed by atoms with Crippen LogP contribution in [0.3, 0.4) is 0 Å². The molecule has 94 valence electrons. The summed E-state index contributed by atoms with van der Waals surface area (Å²) >= 11 is 0.897. The van der Waals surface area contributed by atoms with E-state index in [9.17, 15) is 14.4 Å². The van der Waals surface area contributed by atoms with Gasteiger partial charge in [0.1, 0.15) is 0 Å². The molecule has 0 bridgehead atoms. The molecule has 1 heterocycles. The van der Waals surface area contributed by atoms with Gasteiger partial charge in [-0.25, -0.2) is 4.79 Å². The van der Waals surface area contributed by atoms with Gasteiger partial charge < -0.3 is 10.4 Å². The predicted octanol–water partition coefficient (Wildman–Crippen LogP) is 1.45. The third-order valence-electron chi connectivity index (χ3n) is 2.48. The van der Waals surface area contributed by atoms with E-state index in [-0.39, 0.29) is 16.7 Å². The van der Waals surface area contributed by atoms with Crippen LogP contribution in [0.15, 0.2) is 24.3 Å². The number of rotatable bonds is 3. The van der Waals surface area contributed by atoms with Crippen molar-refractivity contribution in [3.05, 3.63) is 29.8 Å². The third kappa shape index (κ3) is 2.30. The number of nitrogens with one attached hydrogen (secondary N) is 1. The molecule has 18 heavy (non-hydrogen) atoms. The van der Waals surface area contributed by atoms with Gasteiger partial charge in [0.25, 0.3) is 11.1 Å². The molecule has 1 aliphatic heterocycles. The lowest BCUT2D eigenvalue weighted by atomic mass is 10.2. The van der Waals surface area contributed by atoms with Gasteiger partial charge in [0, 0.05) is 12.7 Å². The van der Waals surface area contributed by atoms with E-state index in [0.29, 0.717) is 5.69 Å². The average molecular weight is 266 g/mol. The number of hydrogen-bond acceptors (Lipinski definition) is 5. The summed E-state index contributed by atoms with van der Waals surface area (Å²) in [6, 6.07) is 5.97. The maximum Gasteiger partial charge on any atom is 0.335 e. The monoisotopic (exact) mass is 266 g/mol. The Balaban J connectivity index is 2.08. The SMILES string of the molecule is CN1C(=O)S[C@@H](Nc2ccc(C(=O)O)cc2)C1=O. The van der Waals surface area contributed by atoms with E-state index in [1.807, 2.05) is 0 Å². The topological polar surface area (TPSA) is 86.7 Å². The van der Waals surface area contributed by atoms with Crippen LogP contribution in [-0.2, 0) is 4.79 Å². The molecule has 1 atom stereocenters. The molecule has 1 aliphatic rings. The van der Waals surface area contributed by atoms with Crippen molar-refractivity contribution in [1.82, 2.24) is 4.90 Å². The van der Waals surface area contributed by atoms with Gasteiger partial charge >= 0.3 is 5.97 Å². The summed E-state index contributed by atoms with van der Waals surface area (Å²) in [6.07, 6.45) is 0. The normalized spacial score (nSPS) is 19.2. The minimum atomic E-state index is -1.01. The fourth-order valence-corrected chi connectivity index (χ4v) is 2.35. The van der Waals surface area contributed by atoms with Crippen LogP contribution in [0.5, 0.6) is 0 Å². The van der Waals surface area contributed by atoms with Gasteiger partial charge in [-0.3, -0.25) is 14.5 Å². The number of imide groups is 1. The molecule has 0 saturated carbocycles. The maximum atomic E-state index is 11.6. The van der Waals surface area contributed by atoms with E-state index in [1.54, 1.807) is 12.1 Å². The standard InChI is InChI=1S/C11H10N2O4S/c1-13-9(14)8(18-11(13)17)12-7-4-2-6(3-5-7)10(15)16/h2-5,8,12H,1H3,(H,15,16)/t8-/m1/s1. The first-order valence-corrected chi connectivity index (χ1v) is 5.95. The number of carbonyl (C=O) groups excluding carboxylic acids is 2. The van der Waals surface area contributed by atoms with Crippen molar-refractivity contribution in [2.75, 3.05) is 12.4 Å². The van der Waals surface area contributed by atoms with E-state index >= 15 is 0 Å². The van der Waals surface area contributed by atoms with Crippen LogP contribution in [0.4, 0.5) is 10.5 Å². The second kappa shape index (κ2) is 4.69. The highest BCUT2D eigenvalue weighted by molar-refractivity contribution is 8.15. The summed E-state index contributed by atoms with van der Waals surface area (Å²) in [5.41, 5.74) is 0.757. The molecule has 2 amide bonds. The molecule has 2 rings (SSSR count). The Bertz CT molecular complexity index is 514. The van der Waals surface area contributed by atoms with E-state index < -0.39 is 11.3 Å². The molecule has 2 N–H and O–H groups in total. The molecule has 1 aromatic rings. The highest BCUT2D eigenvalue weighted by atomic mass is 32.2. The third-order valence-corrected chi connectivity index (χ3v) is 3.51. The van der Waals surface area contributed by atoms with Gasteiger partial charge in [0.2, 0.25) is 0 Å². The molecule has 0 spiro atoms. The molecule has 0 radical (unpaired) electrons. The maximum absolute atomic E-state index is 11.6. The molecule has 6 nitrogen and oxygen atoms in total. The largest absolute Gasteiger partial charge is 0.478 e. The van der Waals surface area contributed by atoms with Gasteiger partial charge in [-0.2, -0.15) is 0 Å². The van der Waals surface area contributed by atoms with Gasteiger partial charge in [-0.1, -0.05) is 0 Å². The fraction of sp³-hybridized carbons (Fsp3) is 0.182. The number of aromatic carboxylic acids is 1. The van der Waals surface area contributed by atoms with Crippen molar-refractivity contribution >= 4 is 34.6 Å². The second-order valence-electron chi connectivity index (χ2n) is 3.69. The quantitative estimate of drug-likeness (QED) is 0.861. The Labute approximate surface area is 107 Å². The molecule has 0 unspecified atom stereocenters. The first-order chi connectivity index (χ1) is 8.49. The smallest absolute Gasteiger partial charge is 0.335 e. The first kappa shape index (κ1) is 12.4. The highest BCUT2D eigenvalue weighted by Crippen LogP contribution is 2.26. The summed E-state index contributed by atoms with van der Waals surface area (Å²) in [4.78, 5) is 34.6. The summed E-state index contributed by atoms with van der Waals surface area (Å²) in [7, 11) is 1.42. The molecule has 1 saturated heterocycles. The molecule has 1 aromatic carbocycles. The van der Waals surface area contributed by atoms with E-state index in [2.05, 4.69) is 5.32 Å². The zero-order chi connectivity index (χ0) is 13.3. The molecule has 1 fully saturated rings. The van der Waals surface area contributed by atoms with E-state index in [1.165, 1.54) is 19.2 Å². The van der Waals surface area contributed by atoms with Crippen LogP contribution < -0.4 is 5.32 Å². The fourth-order valence-electron chi connectivity index (χ4n) is 1.45. The highest BCUT2D eigenvalue weighted by Gasteiger charge is 2.37. The molecule has 7 heteroatoms. The Morgan fingerprint density at radius 3 is 2.39 bits per heavy atom.